The van der Waals surface area contributed by atoms with Gasteiger partial charge in [-0.2, -0.15) is 0 Å². The Bertz CT molecular complexity index is 725. The number of ether oxygens (including phenoxy) is 2. The lowest BCUT2D eigenvalue weighted by atomic mass is 9.99. The predicted octanol–water partition coefficient (Wildman–Crippen LogP) is 4.20. The van der Waals surface area contributed by atoms with Gasteiger partial charge in [0, 0.05) is 5.56 Å². The van der Waals surface area contributed by atoms with E-state index in [4.69, 9.17) is 9.47 Å². The zero-order chi connectivity index (χ0) is 17.7. The van der Waals surface area contributed by atoms with Crippen molar-refractivity contribution >= 4 is 5.91 Å². The molecule has 0 saturated carbocycles. The number of methoxy groups -OCH3 is 2. The number of hydrogen-bond donors (Lipinski definition) is 1. The normalized spacial score (nSPS) is 11.7. The van der Waals surface area contributed by atoms with Crippen molar-refractivity contribution in [3.8, 4) is 11.5 Å². The van der Waals surface area contributed by atoms with E-state index in [1.165, 1.54) is 11.1 Å². The van der Waals surface area contributed by atoms with Gasteiger partial charge in [-0.1, -0.05) is 25.1 Å². The summed E-state index contributed by atoms with van der Waals surface area (Å²) < 4.78 is 10.5. The smallest absolute Gasteiger partial charge is 0.251 e. The van der Waals surface area contributed by atoms with Crippen LogP contribution < -0.4 is 14.8 Å². The van der Waals surface area contributed by atoms with Crippen molar-refractivity contribution in [2.45, 2.75) is 33.2 Å². The Morgan fingerprint density at radius 3 is 2.29 bits per heavy atom. The van der Waals surface area contributed by atoms with Crippen LogP contribution in [0.5, 0.6) is 11.5 Å². The lowest BCUT2D eigenvalue weighted by Gasteiger charge is -2.19. The Kier molecular flexibility index (Phi) is 5.85. The maximum atomic E-state index is 12.6. The molecule has 0 bridgehead atoms. The lowest BCUT2D eigenvalue weighted by molar-refractivity contribution is 0.0935. The molecular weight excluding hydrogens is 302 g/mol. The zero-order valence-corrected chi connectivity index (χ0v) is 15.0. The van der Waals surface area contributed by atoms with E-state index in [9.17, 15) is 4.79 Å². The van der Waals surface area contributed by atoms with Crippen LogP contribution in [0.25, 0.3) is 0 Å². The van der Waals surface area contributed by atoms with Gasteiger partial charge >= 0.3 is 0 Å². The van der Waals surface area contributed by atoms with Gasteiger partial charge in [0.05, 0.1) is 20.3 Å². The molecule has 4 nitrogen and oxygen atoms in total. The molecule has 128 valence electrons. The minimum atomic E-state index is -0.124. The first-order chi connectivity index (χ1) is 11.5. The van der Waals surface area contributed by atoms with Gasteiger partial charge in [-0.15, -0.1) is 0 Å². The first kappa shape index (κ1) is 17.9. The Morgan fingerprint density at radius 1 is 1.00 bits per heavy atom. The van der Waals surface area contributed by atoms with Gasteiger partial charge < -0.3 is 14.8 Å². The highest BCUT2D eigenvalue weighted by Crippen LogP contribution is 2.28. The molecule has 0 saturated heterocycles. The Balaban J connectivity index is 2.21. The second-order valence-electron chi connectivity index (χ2n) is 5.85. The molecule has 0 spiro atoms. The fourth-order valence-corrected chi connectivity index (χ4v) is 2.62. The van der Waals surface area contributed by atoms with Crippen LogP contribution in [-0.2, 0) is 0 Å². The zero-order valence-electron chi connectivity index (χ0n) is 15.0. The van der Waals surface area contributed by atoms with Crippen LogP contribution in [0.2, 0.25) is 0 Å². The minimum Gasteiger partial charge on any atom is -0.493 e. The van der Waals surface area contributed by atoms with E-state index in [0.29, 0.717) is 17.1 Å². The highest BCUT2D eigenvalue weighted by atomic mass is 16.5. The molecule has 0 aliphatic rings. The number of aryl methyl sites for hydroxylation is 2. The summed E-state index contributed by atoms with van der Waals surface area (Å²) in [5.74, 6) is 1.03. The number of hydrogen-bond acceptors (Lipinski definition) is 3. The first-order valence-corrected chi connectivity index (χ1v) is 8.10. The molecule has 0 aliphatic heterocycles. The summed E-state index contributed by atoms with van der Waals surface area (Å²) in [5, 5.41) is 3.10. The first-order valence-electron chi connectivity index (χ1n) is 8.10. The van der Waals surface area contributed by atoms with Crippen molar-refractivity contribution in [1.29, 1.82) is 0 Å². The summed E-state index contributed by atoms with van der Waals surface area (Å²) in [7, 11) is 3.13. The van der Waals surface area contributed by atoms with Crippen LogP contribution in [0.3, 0.4) is 0 Å². The van der Waals surface area contributed by atoms with Crippen LogP contribution >= 0.6 is 0 Å². The van der Waals surface area contributed by atoms with Crippen LogP contribution in [0.4, 0.5) is 0 Å². The molecule has 0 unspecified atom stereocenters. The van der Waals surface area contributed by atoms with E-state index in [0.717, 1.165) is 12.0 Å². The van der Waals surface area contributed by atoms with Gasteiger partial charge in [0.15, 0.2) is 11.5 Å². The number of amides is 1. The maximum absolute atomic E-state index is 12.6. The summed E-state index contributed by atoms with van der Waals surface area (Å²) in [6.07, 6.45) is 0.821. The van der Waals surface area contributed by atoms with E-state index in [1.807, 2.05) is 0 Å². The van der Waals surface area contributed by atoms with Crippen molar-refractivity contribution in [3.05, 3.63) is 58.7 Å². The average Bonchev–Trinajstić information content (AvgIpc) is 2.61. The van der Waals surface area contributed by atoms with Gasteiger partial charge in [-0.3, -0.25) is 4.79 Å². The summed E-state index contributed by atoms with van der Waals surface area (Å²) in [5.41, 5.74) is 4.15. The highest BCUT2D eigenvalue weighted by molar-refractivity contribution is 5.95. The van der Waals surface area contributed by atoms with E-state index >= 15 is 0 Å². The molecule has 2 aromatic rings. The second-order valence-corrected chi connectivity index (χ2v) is 5.85. The van der Waals surface area contributed by atoms with E-state index in [-0.39, 0.29) is 11.9 Å². The van der Waals surface area contributed by atoms with Gasteiger partial charge in [0.1, 0.15) is 0 Å². The van der Waals surface area contributed by atoms with Crippen LogP contribution in [0.1, 0.15) is 46.4 Å². The standard InChI is InChI=1S/C20H25NO3/c1-6-17(15-8-7-13(2)14(3)11-15)21-20(22)16-9-10-18(23-4)19(12-16)24-5/h7-12,17H,6H2,1-5H3,(H,21,22)/t17-/m0/s1. The SMILES string of the molecule is CC[C@H](NC(=O)c1ccc(OC)c(OC)c1)c1ccc(C)c(C)c1. The predicted molar refractivity (Wildman–Crippen MR) is 96.0 cm³/mol. The van der Waals surface area contributed by atoms with Crippen molar-refractivity contribution in [3.63, 3.8) is 0 Å². The Morgan fingerprint density at radius 2 is 1.71 bits per heavy atom. The van der Waals surface area contributed by atoms with Crippen LogP contribution in [-0.4, -0.2) is 20.1 Å². The molecule has 1 amide bonds. The van der Waals surface area contributed by atoms with E-state index in [1.54, 1.807) is 32.4 Å². The van der Waals surface area contributed by atoms with Crippen molar-refractivity contribution in [1.82, 2.24) is 5.32 Å². The van der Waals surface area contributed by atoms with E-state index in [2.05, 4.69) is 44.3 Å². The third-order valence-corrected chi connectivity index (χ3v) is 4.29. The van der Waals surface area contributed by atoms with Crippen molar-refractivity contribution in [2.75, 3.05) is 14.2 Å². The summed E-state index contributed by atoms with van der Waals surface area (Å²) >= 11 is 0. The van der Waals surface area contributed by atoms with Crippen molar-refractivity contribution < 1.29 is 14.3 Å². The number of carbonyl (C=O) groups is 1. The lowest BCUT2D eigenvalue weighted by Crippen LogP contribution is -2.28. The van der Waals surface area contributed by atoms with Gasteiger partial charge in [0.2, 0.25) is 0 Å². The monoisotopic (exact) mass is 327 g/mol. The molecular formula is C20H25NO3. The second kappa shape index (κ2) is 7.86. The number of nitrogens with one attached hydrogen (secondary N) is 1. The summed E-state index contributed by atoms with van der Waals surface area (Å²) in [6, 6.07) is 11.5. The van der Waals surface area contributed by atoms with Gasteiger partial charge in [-0.05, 0) is 55.2 Å². The quantitative estimate of drug-likeness (QED) is 0.865. The molecule has 2 rings (SSSR count). The molecule has 1 N–H and O–H groups in total. The molecule has 24 heavy (non-hydrogen) atoms. The van der Waals surface area contributed by atoms with Crippen LogP contribution in [0, 0.1) is 13.8 Å². The third kappa shape index (κ3) is 3.88. The van der Waals surface area contributed by atoms with Gasteiger partial charge in [-0.25, -0.2) is 0 Å². The fraction of sp³-hybridized carbons (Fsp3) is 0.350. The Labute approximate surface area is 143 Å². The van der Waals surface area contributed by atoms with Crippen LogP contribution in [0.15, 0.2) is 36.4 Å². The van der Waals surface area contributed by atoms with Gasteiger partial charge in [0.25, 0.3) is 5.91 Å². The van der Waals surface area contributed by atoms with E-state index < -0.39 is 0 Å². The molecule has 0 radical (unpaired) electrons. The molecule has 4 heteroatoms. The highest BCUT2D eigenvalue weighted by Gasteiger charge is 2.16. The topological polar surface area (TPSA) is 47.6 Å². The molecule has 0 aromatic heterocycles. The fourth-order valence-electron chi connectivity index (χ4n) is 2.62. The largest absolute Gasteiger partial charge is 0.493 e. The molecule has 0 aliphatic carbocycles. The molecule has 1 atom stereocenters. The third-order valence-electron chi connectivity index (χ3n) is 4.29. The van der Waals surface area contributed by atoms with Crippen molar-refractivity contribution in [2.24, 2.45) is 0 Å². The summed E-state index contributed by atoms with van der Waals surface area (Å²) in [6.45, 7) is 6.23. The summed E-state index contributed by atoms with van der Waals surface area (Å²) in [4.78, 5) is 12.6. The number of carbonyl (C=O) groups excluding carboxylic acids is 1. The average molecular weight is 327 g/mol. The molecule has 0 fully saturated rings. The number of rotatable bonds is 6. The number of benzene rings is 2. The maximum Gasteiger partial charge on any atom is 0.251 e. The minimum absolute atomic E-state index is 0.0232. The Hall–Kier alpha value is -2.49. The molecule has 0 heterocycles. The molecule has 2 aromatic carbocycles.